The smallest absolute Gasteiger partial charge is 0.135 e. The van der Waals surface area contributed by atoms with Crippen molar-refractivity contribution in [1.29, 1.82) is 0 Å². The van der Waals surface area contributed by atoms with Crippen molar-refractivity contribution in [2.45, 2.75) is 20.8 Å². The Labute approximate surface area is 97.3 Å². The monoisotopic (exact) mass is 215 g/mol. The summed E-state index contributed by atoms with van der Waals surface area (Å²) < 4.78 is 0. The maximum absolute atomic E-state index is 4.80. The Kier molecular flexibility index (Phi) is 4.13. The minimum Gasteiger partial charge on any atom is -0.398 e. The summed E-state index contributed by atoms with van der Waals surface area (Å²) in [4.78, 5) is 4.80. The maximum Gasteiger partial charge on any atom is 0.135 e. The Morgan fingerprint density at radius 3 is 2.31 bits per heavy atom. The van der Waals surface area contributed by atoms with E-state index in [-0.39, 0.29) is 5.41 Å². The van der Waals surface area contributed by atoms with Crippen molar-refractivity contribution in [3.8, 4) is 11.8 Å². The molecule has 1 aromatic rings. The lowest BCUT2D eigenvalue weighted by Crippen LogP contribution is -2.18. The molecular weight excluding hydrogens is 198 g/mol. The normalized spacial score (nSPS) is 11.6. The third-order valence-corrected chi connectivity index (χ3v) is 1.99. The van der Waals surface area contributed by atoms with Crippen molar-refractivity contribution in [3.05, 3.63) is 35.9 Å². The molecule has 0 saturated carbocycles. The molecule has 2 nitrogen and oxygen atoms in total. The van der Waals surface area contributed by atoms with Gasteiger partial charge in [0.25, 0.3) is 0 Å². The molecule has 1 aromatic carbocycles. The lowest BCUT2D eigenvalue weighted by molar-refractivity contribution is 0.210. The first-order chi connectivity index (χ1) is 7.54. The number of oxime groups is 1. The summed E-state index contributed by atoms with van der Waals surface area (Å²) >= 11 is 0. The summed E-state index contributed by atoms with van der Waals surface area (Å²) in [5.74, 6) is 6.13. The molecular formula is C14H17NO. The minimum atomic E-state index is -0.0994. The second kappa shape index (κ2) is 5.37. The first kappa shape index (κ1) is 12.3. The second-order valence-corrected chi connectivity index (χ2v) is 4.49. The third kappa shape index (κ3) is 3.78. The molecule has 0 aromatic heterocycles. The number of hydrogen-bond donors (Lipinski definition) is 0. The average molecular weight is 215 g/mol. The average Bonchev–Trinajstić information content (AvgIpc) is 2.24. The van der Waals surface area contributed by atoms with Crippen LogP contribution in [0.3, 0.4) is 0 Å². The van der Waals surface area contributed by atoms with E-state index in [9.17, 15) is 0 Å². The van der Waals surface area contributed by atoms with E-state index in [0.29, 0.717) is 0 Å². The molecule has 0 bridgehead atoms. The van der Waals surface area contributed by atoms with Gasteiger partial charge in [0.1, 0.15) is 12.8 Å². The molecule has 0 radical (unpaired) electrons. The second-order valence-electron chi connectivity index (χ2n) is 4.49. The molecule has 2 heteroatoms. The van der Waals surface area contributed by atoms with Gasteiger partial charge in [-0.2, -0.15) is 0 Å². The van der Waals surface area contributed by atoms with Crippen LogP contribution in [0.2, 0.25) is 0 Å². The fraction of sp³-hybridized carbons (Fsp3) is 0.357. The number of nitrogens with zero attached hydrogens (tertiary/aromatic N) is 1. The number of hydrogen-bond acceptors (Lipinski definition) is 2. The molecule has 0 aliphatic carbocycles. The number of rotatable bonds is 1. The van der Waals surface area contributed by atoms with E-state index in [1.54, 1.807) is 0 Å². The van der Waals surface area contributed by atoms with Crippen molar-refractivity contribution in [3.63, 3.8) is 0 Å². The van der Waals surface area contributed by atoms with Crippen LogP contribution in [0.25, 0.3) is 0 Å². The van der Waals surface area contributed by atoms with E-state index >= 15 is 0 Å². The van der Waals surface area contributed by atoms with Crippen molar-refractivity contribution in [2.24, 2.45) is 10.6 Å². The first-order valence-electron chi connectivity index (χ1n) is 5.23. The van der Waals surface area contributed by atoms with Crippen LogP contribution >= 0.6 is 0 Å². The van der Waals surface area contributed by atoms with Gasteiger partial charge in [-0.3, -0.25) is 0 Å². The van der Waals surface area contributed by atoms with Gasteiger partial charge in [0.2, 0.25) is 0 Å². The minimum absolute atomic E-state index is 0.0994. The molecule has 0 N–H and O–H groups in total. The fourth-order valence-electron chi connectivity index (χ4n) is 1.09. The molecule has 0 heterocycles. The van der Waals surface area contributed by atoms with Crippen LogP contribution < -0.4 is 0 Å². The highest BCUT2D eigenvalue weighted by atomic mass is 16.6. The number of benzene rings is 1. The van der Waals surface area contributed by atoms with E-state index in [1.807, 2.05) is 30.3 Å². The van der Waals surface area contributed by atoms with E-state index in [2.05, 4.69) is 37.8 Å². The molecule has 0 aliphatic rings. The van der Waals surface area contributed by atoms with Crippen LogP contribution in [0.15, 0.2) is 35.5 Å². The first-order valence-corrected chi connectivity index (χ1v) is 5.23. The fourth-order valence-corrected chi connectivity index (χ4v) is 1.09. The molecule has 84 valence electrons. The van der Waals surface area contributed by atoms with Gasteiger partial charge in [-0.25, -0.2) is 0 Å². The quantitative estimate of drug-likeness (QED) is 0.401. The van der Waals surface area contributed by atoms with E-state index in [4.69, 9.17) is 4.84 Å². The Balaban J connectivity index is 2.94. The predicted octanol–water partition coefficient (Wildman–Crippen LogP) is 3.09. The maximum atomic E-state index is 4.80. The summed E-state index contributed by atoms with van der Waals surface area (Å²) in [5.41, 5.74) is 1.63. The highest BCUT2D eigenvalue weighted by Gasteiger charge is 2.17. The van der Waals surface area contributed by atoms with Crippen LogP contribution in [0, 0.1) is 17.3 Å². The van der Waals surface area contributed by atoms with Gasteiger partial charge in [0, 0.05) is 11.0 Å². The van der Waals surface area contributed by atoms with Gasteiger partial charge in [-0.1, -0.05) is 50.0 Å². The Morgan fingerprint density at radius 1 is 1.19 bits per heavy atom. The topological polar surface area (TPSA) is 21.6 Å². The molecule has 0 fully saturated rings. The zero-order chi connectivity index (χ0) is 12.0. The summed E-state index contributed by atoms with van der Waals surface area (Å²) in [7, 11) is 1.54. The summed E-state index contributed by atoms with van der Waals surface area (Å²) in [6, 6.07) is 9.85. The van der Waals surface area contributed by atoms with Crippen molar-refractivity contribution >= 4 is 5.71 Å². The van der Waals surface area contributed by atoms with Gasteiger partial charge in [0.05, 0.1) is 0 Å². The van der Waals surface area contributed by atoms with Crippen LogP contribution in [0.4, 0.5) is 0 Å². The summed E-state index contributed by atoms with van der Waals surface area (Å²) in [6.45, 7) is 6.18. The Morgan fingerprint density at radius 2 is 1.81 bits per heavy atom. The molecule has 0 unspecified atom stereocenters. The summed E-state index contributed by atoms with van der Waals surface area (Å²) in [6.07, 6.45) is 0. The van der Waals surface area contributed by atoms with Crippen LogP contribution in [-0.2, 0) is 4.84 Å². The molecule has 0 amide bonds. The van der Waals surface area contributed by atoms with Gasteiger partial charge >= 0.3 is 0 Å². The zero-order valence-electron chi connectivity index (χ0n) is 10.2. The largest absolute Gasteiger partial charge is 0.398 e. The predicted molar refractivity (Wildman–Crippen MR) is 67.2 cm³/mol. The van der Waals surface area contributed by atoms with Crippen LogP contribution in [0.1, 0.15) is 26.3 Å². The van der Waals surface area contributed by atoms with Crippen molar-refractivity contribution in [2.75, 3.05) is 7.11 Å². The van der Waals surface area contributed by atoms with Gasteiger partial charge in [-0.15, -0.1) is 0 Å². The molecule has 1 rings (SSSR count). The highest BCUT2D eigenvalue weighted by molar-refractivity contribution is 6.04. The van der Waals surface area contributed by atoms with Gasteiger partial charge < -0.3 is 4.84 Å². The van der Waals surface area contributed by atoms with Crippen LogP contribution in [-0.4, -0.2) is 12.8 Å². The Hall–Kier alpha value is -1.75. The van der Waals surface area contributed by atoms with Crippen molar-refractivity contribution < 1.29 is 4.84 Å². The Bertz CT molecular complexity index is 416. The molecule has 0 aliphatic heterocycles. The lowest BCUT2D eigenvalue weighted by atomic mass is 9.90. The lowest BCUT2D eigenvalue weighted by Gasteiger charge is -2.15. The summed E-state index contributed by atoms with van der Waals surface area (Å²) in [5, 5.41) is 3.95. The molecule has 16 heavy (non-hydrogen) atoms. The van der Waals surface area contributed by atoms with Gasteiger partial charge in [-0.05, 0) is 18.1 Å². The molecule has 0 atom stereocenters. The molecule has 0 saturated heterocycles. The van der Waals surface area contributed by atoms with E-state index in [0.717, 1.165) is 11.3 Å². The van der Waals surface area contributed by atoms with Crippen molar-refractivity contribution in [1.82, 2.24) is 0 Å². The highest BCUT2D eigenvalue weighted by Crippen LogP contribution is 2.15. The molecule has 0 spiro atoms. The zero-order valence-corrected chi connectivity index (χ0v) is 10.2. The van der Waals surface area contributed by atoms with Gasteiger partial charge in [0.15, 0.2) is 0 Å². The SMILES string of the molecule is CO/N=C(/C#Cc1ccccc1)C(C)(C)C. The third-order valence-electron chi connectivity index (χ3n) is 1.99. The van der Waals surface area contributed by atoms with Crippen LogP contribution in [0.5, 0.6) is 0 Å². The van der Waals surface area contributed by atoms with E-state index < -0.39 is 0 Å². The van der Waals surface area contributed by atoms with E-state index in [1.165, 1.54) is 7.11 Å². The standard InChI is InChI=1S/C14H17NO/c1-14(2,3)13(15-16-4)11-10-12-8-6-5-7-9-12/h5-9H,1-4H3/b15-13-.